The molecule has 0 saturated heterocycles. The number of carbonyl (C=O) groups is 2. The normalized spacial score (nSPS) is 10.7. The first-order valence-corrected chi connectivity index (χ1v) is 6.49. The number of ether oxygens (including phenoxy) is 1. The molecule has 4 N–H and O–H groups in total. The molecule has 0 spiro atoms. The molecule has 0 fully saturated rings. The summed E-state index contributed by atoms with van der Waals surface area (Å²) in [5.41, 5.74) is 10.2. The van der Waals surface area contributed by atoms with E-state index < -0.39 is 12.1 Å². The SMILES string of the molecule is CSC(=NC(=O)OCc1ccccc1)NNC(N)=O. The molecule has 0 atom stereocenters. The van der Waals surface area contributed by atoms with Crippen LogP contribution in [0.1, 0.15) is 5.56 Å². The van der Waals surface area contributed by atoms with Crippen LogP contribution in [0, 0.1) is 0 Å². The van der Waals surface area contributed by atoms with Gasteiger partial charge in [-0.3, -0.25) is 10.9 Å². The van der Waals surface area contributed by atoms with Gasteiger partial charge in [-0.2, -0.15) is 0 Å². The summed E-state index contributed by atoms with van der Waals surface area (Å²) in [5.74, 6) is 0. The molecular formula is C11H14N4O3S. The lowest BCUT2D eigenvalue weighted by atomic mass is 10.2. The van der Waals surface area contributed by atoms with E-state index in [0.717, 1.165) is 17.3 Å². The van der Waals surface area contributed by atoms with Crippen molar-refractivity contribution in [3.8, 4) is 0 Å². The van der Waals surface area contributed by atoms with Gasteiger partial charge in [0, 0.05) is 0 Å². The van der Waals surface area contributed by atoms with Gasteiger partial charge in [-0.1, -0.05) is 42.1 Å². The van der Waals surface area contributed by atoms with Crippen LogP contribution in [0.25, 0.3) is 0 Å². The predicted octanol–water partition coefficient (Wildman–Crippen LogP) is 1.22. The lowest BCUT2D eigenvalue weighted by molar-refractivity contribution is 0.151. The number of thioether (sulfide) groups is 1. The zero-order valence-electron chi connectivity index (χ0n) is 10.3. The summed E-state index contributed by atoms with van der Waals surface area (Å²) in [6.07, 6.45) is 0.922. The van der Waals surface area contributed by atoms with Gasteiger partial charge in [0.15, 0.2) is 5.17 Å². The minimum atomic E-state index is -0.778. The predicted molar refractivity (Wildman–Crippen MR) is 73.4 cm³/mol. The van der Waals surface area contributed by atoms with Crippen molar-refractivity contribution in [1.82, 2.24) is 10.9 Å². The van der Waals surface area contributed by atoms with Crippen LogP contribution < -0.4 is 16.6 Å². The molecular weight excluding hydrogens is 268 g/mol. The summed E-state index contributed by atoms with van der Waals surface area (Å²) in [5, 5.41) is 0.178. The van der Waals surface area contributed by atoms with Crippen LogP contribution in [0.4, 0.5) is 9.59 Å². The highest BCUT2D eigenvalue weighted by Gasteiger charge is 2.05. The Morgan fingerprint density at radius 1 is 1.32 bits per heavy atom. The maximum atomic E-state index is 11.4. The average Bonchev–Trinajstić information content (AvgIpc) is 2.42. The molecule has 0 bridgehead atoms. The maximum absolute atomic E-state index is 11.4. The standard InChI is InChI=1S/C11H14N4O3S/c1-19-10(15-14-9(12)16)13-11(17)18-7-8-5-3-2-4-6-8/h2-6H,7H2,1H3,(H3,12,14,16)(H,13,15,17). The Kier molecular flexibility index (Phi) is 6.23. The van der Waals surface area contributed by atoms with Gasteiger partial charge in [-0.05, 0) is 11.8 Å². The van der Waals surface area contributed by atoms with Crippen molar-refractivity contribution in [2.24, 2.45) is 10.7 Å². The molecule has 0 aliphatic carbocycles. The summed E-state index contributed by atoms with van der Waals surface area (Å²) in [4.78, 5) is 25.5. The Bertz CT molecular complexity index is 464. The van der Waals surface area contributed by atoms with Gasteiger partial charge in [0.2, 0.25) is 0 Å². The second-order valence-corrected chi connectivity index (χ2v) is 4.07. The number of amides is 3. The van der Waals surface area contributed by atoms with E-state index >= 15 is 0 Å². The topological polar surface area (TPSA) is 106 Å². The van der Waals surface area contributed by atoms with E-state index in [1.165, 1.54) is 0 Å². The van der Waals surface area contributed by atoms with Gasteiger partial charge < -0.3 is 10.5 Å². The quantitative estimate of drug-likeness (QED) is 0.429. The third-order valence-electron chi connectivity index (χ3n) is 1.88. The van der Waals surface area contributed by atoms with E-state index in [2.05, 4.69) is 15.8 Å². The van der Waals surface area contributed by atoms with Crippen LogP contribution in [-0.2, 0) is 11.3 Å². The first-order valence-electron chi connectivity index (χ1n) is 5.26. The molecule has 1 aromatic carbocycles. The molecule has 0 aromatic heterocycles. The van der Waals surface area contributed by atoms with E-state index in [4.69, 9.17) is 10.5 Å². The largest absolute Gasteiger partial charge is 0.443 e. The number of primary amides is 1. The van der Waals surface area contributed by atoms with Crippen LogP contribution in [0.5, 0.6) is 0 Å². The number of hydrazine groups is 1. The molecule has 19 heavy (non-hydrogen) atoms. The number of rotatable bonds is 2. The maximum Gasteiger partial charge on any atom is 0.436 e. The summed E-state index contributed by atoms with van der Waals surface area (Å²) in [7, 11) is 0. The molecule has 102 valence electrons. The highest BCUT2D eigenvalue weighted by molar-refractivity contribution is 8.13. The summed E-state index contributed by atoms with van der Waals surface area (Å²) >= 11 is 1.13. The second kappa shape index (κ2) is 7.98. The fourth-order valence-corrected chi connectivity index (χ4v) is 1.39. The van der Waals surface area contributed by atoms with E-state index in [0.29, 0.717) is 0 Å². The average molecular weight is 282 g/mol. The Morgan fingerprint density at radius 2 is 2.00 bits per heavy atom. The summed E-state index contributed by atoms with van der Waals surface area (Å²) < 4.78 is 4.94. The number of benzene rings is 1. The van der Waals surface area contributed by atoms with E-state index in [-0.39, 0.29) is 11.8 Å². The first kappa shape index (κ1) is 14.8. The number of carbonyl (C=O) groups excluding carboxylic acids is 2. The van der Waals surface area contributed by atoms with E-state index in [1.54, 1.807) is 6.26 Å². The highest BCUT2D eigenvalue weighted by atomic mass is 32.2. The van der Waals surface area contributed by atoms with Gasteiger partial charge >= 0.3 is 12.1 Å². The summed E-state index contributed by atoms with van der Waals surface area (Å²) in [6.45, 7) is 0.133. The lowest BCUT2D eigenvalue weighted by Gasteiger charge is -2.06. The number of nitrogens with two attached hydrogens (primary N) is 1. The number of urea groups is 1. The molecule has 3 amide bonds. The number of nitrogens with one attached hydrogen (secondary N) is 2. The smallest absolute Gasteiger partial charge is 0.436 e. The molecule has 0 radical (unpaired) electrons. The fraction of sp³-hybridized carbons (Fsp3) is 0.182. The Balaban J connectivity index is 2.45. The van der Waals surface area contributed by atoms with Crippen molar-refractivity contribution in [3.05, 3.63) is 35.9 Å². The second-order valence-electron chi connectivity index (χ2n) is 3.28. The zero-order valence-corrected chi connectivity index (χ0v) is 11.1. The minimum Gasteiger partial charge on any atom is -0.443 e. The molecule has 1 rings (SSSR count). The molecule has 0 heterocycles. The van der Waals surface area contributed by atoms with Crippen molar-refractivity contribution < 1.29 is 14.3 Å². The van der Waals surface area contributed by atoms with Crippen LogP contribution in [-0.4, -0.2) is 23.5 Å². The van der Waals surface area contributed by atoms with E-state index in [1.807, 2.05) is 30.3 Å². The van der Waals surface area contributed by atoms with Crippen molar-refractivity contribution in [2.45, 2.75) is 6.61 Å². The Morgan fingerprint density at radius 3 is 2.58 bits per heavy atom. The zero-order chi connectivity index (χ0) is 14.1. The number of hydrogen-bond acceptors (Lipinski definition) is 4. The van der Waals surface area contributed by atoms with Gasteiger partial charge in [-0.15, -0.1) is 4.99 Å². The van der Waals surface area contributed by atoms with Gasteiger partial charge in [-0.25, -0.2) is 9.59 Å². The van der Waals surface area contributed by atoms with Gasteiger partial charge in [0.1, 0.15) is 6.61 Å². The number of hydrogen-bond donors (Lipinski definition) is 3. The fourth-order valence-electron chi connectivity index (χ4n) is 1.07. The van der Waals surface area contributed by atoms with Crippen molar-refractivity contribution in [2.75, 3.05) is 6.26 Å². The summed E-state index contributed by atoms with van der Waals surface area (Å²) in [6, 6.07) is 8.45. The molecule has 0 aliphatic rings. The molecule has 8 heteroatoms. The van der Waals surface area contributed by atoms with Crippen LogP contribution >= 0.6 is 11.8 Å². The molecule has 0 unspecified atom stereocenters. The Labute approximate surface area is 114 Å². The number of amidine groups is 1. The molecule has 0 saturated carbocycles. The molecule has 0 aliphatic heterocycles. The van der Waals surface area contributed by atoms with Gasteiger partial charge in [0.25, 0.3) is 0 Å². The third kappa shape index (κ3) is 6.32. The highest BCUT2D eigenvalue weighted by Crippen LogP contribution is 2.02. The van der Waals surface area contributed by atoms with Gasteiger partial charge in [0.05, 0.1) is 0 Å². The minimum absolute atomic E-state index is 0.133. The van der Waals surface area contributed by atoms with Crippen molar-refractivity contribution >= 4 is 29.1 Å². The van der Waals surface area contributed by atoms with Crippen LogP contribution in [0.3, 0.4) is 0 Å². The number of aliphatic imine (C=N–C) groups is 1. The monoisotopic (exact) mass is 282 g/mol. The first-order chi connectivity index (χ1) is 9.11. The third-order valence-corrected chi connectivity index (χ3v) is 2.46. The van der Waals surface area contributed by atoms with Crippen LogP contribution in [0.15, 0.2) is 35.3 Å². The van der Waals surface area contributed by atoms with Crippen LogP contribution in [0.2, 0.25) is 0 Å². The van der Waals surface area contributed by atoms with E-state index in [9.17, 15) is 9.59 Å². The molecule has 1 aromatic rings. The lowest BCUT2D eigenvalue weighted by Crippen LogP contribution is -2.43. The molecule has 7 nitrogen and oxygen atoms in total. The Hall–Kier alpha value is -2.22. The number of nitrogens with zero attached hydrogens (tertiary/aromatic N) is 1. The van der Waals surface area contributed by atoms with Crippen molar-refractivity contribution in [3.63, 3.8) is 0 Å². The van der Waals surface area contributed by atoms with Crippen molar-refractivity contribution in [1.29, 1.82) is 0 Å².